The van der Waals surface area contributed by atoms with Crippen LogP contribution in [0.4, 0.5) is 5.69 Å². The van der Waals surface area contributed by atoms with Crippen molar-refractivity contribution in [2.75, 3.05) is 5.32 Å². The topological polar surface area (TPSA) is 94.2 Å². The van der Waals surface area contributed by atoms with Crippen molar-refractivity contribution < 1.29 is 13.2 Å². The number of anilines is 1. The van der Waals surface area contributed by atoms with Gasteiger partial charge in [0.1, 0.15) is 5.69 Å². The van der Waals surface area contributed by atoms with Gasteiger partial charge in [0.25, 0.3) is 5.91 Å². The lowest BCUT2D eigenvalue weighted by atomic mass is 10.3. The molecule has 0 aliphatic heterocycles. The largest absolute Gasteiger partial charge is 0.344 e. The molecule has 0 radical (unpaired) electrons. The van der Waals surface area contributed by atoms with E-state index in [-0.39, 0.29) is 10.8 Å². The van der Waals surface area contributed by atoms with Crippen LogP contribution in [0.25, 0.3) is 0 Å². The third-order valence-electron chi connectivity index (χ3n) is 2.97. The van der Waals surface area contributed by atoms with Gasteiger partial charge in [0.15, 0.2) is 0 Å². The molecule has 1 aromatic heterocycles. The summed E-state index contributed by atoms with van der Waals surface area (Å²) in [6.07, 6.45) is 2.78. The van der Waals surface area contributed by atoms with Crippen molar-refractivity contribution in [3.05, 3.63) is 48.3 Å². The van der Waals surface area contributed by atoms with Crippen molar-refractivity contribution >= 4 is 21.6 Å². The Hall–Kier alpha value is -2.12. The first-order valence-corrected chi connectivity index (χ1v) is 8.06. The second-order valence-corrected chi connectivity index (χ2v) is 6.17. The minimum Gasteiger partial charge on any atom is -0.344 e. The van der Waals surface area contributed by atoms with Crippen molar-refractivity contribution in [3.63, 3.8) is 0 Å². The van der Waals surface area contributed by atoms with Crippen molar-refractivity contribution in [3.8, 4) is 0 Å². The molecule has 2 aromatic rings. The number of carbonyl (C=O) groups excluding carboxylic acids is 1. The van der Waals surface area contributed by atoms with E-state index in [1.54, 1.807) is 6.07 Å². The number of benzene rings is 1. The summed E-state index contributed by atoms with van der Waals surface area (Å²) in [6, 6.07) is 9.28. The second kappa shape index (κ2) is 6.11. The number of rotatable bonds is 5. The average Bonchev–Trinajstić information content (AvgIpc) is 2.87. The molecule has 7 heteroatoms. The summed E-state index contributed by atoms with van der Waals surface area (Å²) in [7, 11) is -3.72. The number of sulfonamides is 1. The Labute approximate surface area is 123 Å². The van der Waals surface area contributed by atoms with Gasteiger partial charge in [-0.15, -0.1) is 0 Å². The van der Waals surface area contributed by atoms with E-state index in [1.807, 2.05) is 23.8 Å². The summed E-state index contributed by atoms with van der Waals surface area (Å²) in [5.41, 5.74) is 1.07. The normalized spacial score (nSPS) is 11.3. The monoisotopic (exact) mass is 307 g/mol. The van der Waals surface area contributed by atoms with Gasteiger partial charge in [0.2, 0.25) is 10.0 Å². The van der Waals surface area contributed by atoms with Gasteiger partial charge >= 0.3 is 0 Å². The molecular weight excluding hydrogens is 290 g/mol. The maximum Gasteiger partial charge on any atom is 0.272 e. The lowest BCUT2D eigenvalue weighted by molar-refractivity contribution is 0.101. The highest BCUT2D eigenvalue weighted by molar-refractivity contribution is 7.89. The molecule has 2 rings (SSSR count). The van der Waals surface area contributed by atoms with Crippen LogP contribution in [-0.4, -0.2) is 18.9 Å². The van der Waals surface area contributed by atoms with Crippen LogP contribution < -0.4 is 10.5 Å². The molecule has 0 saturated carbocycles. The first kappa shape index (κ1) is 15.3. The number of carbonyl (C=O) groups is 1. The van der Waals surface area contributed by atoms with Crippen LogP contribution in [0.5, 0.6) is 0 Å². The second-order valence-electron chi connectivity index (χ2n) is 4.61. The third kappa shape index (κ3) is 3.71. The number of aryl methyl sites for hydroxylation is 1. The molecule has 0 aliphatic carbocycles. The summed E-state index contributed by atoms with van der Waals surface area (Å²) >= 11 is 0. The van der Waals surface area contributed by atoms with Crippen LogP contribution in [0, 0.1) is 0 Å². The Kier molecular flexibility index (Phi) is 4.44. The molecule has 0 aliphatic rings. The molecule has 21 heavy (non-hydrogen) atoms. The fourth-order valence-electron chi connectivity index (χ4n) is 1.98. The van der Waals surface area contributed by atoms with Gasteiger partial charge in [-0.25, -0.2) is 13.6 Å². The van der Waals surface area contributed by atoms with Crippen molar-refractivity contribution in [2.24, 2.45) is 5.14 Å². The van der Waals surface area contributed by atoms with Gasteiger partial charge in [-0.3, -0.25) is 4.79 Å². The number of hydrogen-bond acceptors (Lipinski definition) is 3. The highest BCUT2D eigenvalue weighted by atomic mass is 32.2. The lowest BCUT2D eigenvalue weighted by Crippen LogP contribution is -2.17. The molecule has 3 N–H and O–H groups in total. The Morgan fingerprint density at radius 3 is 2.48 bits per heavy atom. The van der Waals surface area contributed by atoms with E-state index in [0.29, 0.717) is 11.4 Å². The molecule has 0 fully saturated rings. The standard InChI is InChI=1S/C14H17N3O3S/c1-2-9-17-10-3-4-13(17)14(18)16-11-5-7-12(8-6-11)21(15,19)20/h3-8,10H,2,9H2,1H3,(H,16,18)(H2,15,19,20). The average molecular weight is 307 g/mol. The molecule has 0 atom stereocenters. The van der Waals surface area contributed by atoms with Crippen molar-refractivity contribution in [1.29, 1.82) is 0 Å². The fourth-order valence-corrected chi connectivity index (χ4v) is 2.49. The first-order valence-electron chi connectivity index (χ1n) is 6.51. The minimum atomic E-state index is -3.72. The number of nitrogens with zero attached hydrogens (tertiary/aromatic N) is 1. The smallest absolute Gasteiger partial charge is 0.272 e. The minimum absolute atomic E-state index is 0.00913. The van der Waals surface area contributed by atoms with Crippen LogP contribution in [0.2, 0.25) is 0 Å². The quantitative estimate of drug-likeness (QED) is 0.881. The molecule has 1 amide bonds. The van der Waals surface area contributed by atoms with Crippen molar-refractivity contribution in [1.82, 2.24) is 4.57 Å². The molecule has 6 nitrogen and oxygen atoms in total. The first-order chi connectivity index (χ1) is 9.91. The van der Waals surface area contributed by atoms with E-state index in [4.69, 9.17) is 5.14 Å². The summed E-state index contributed by atoms with van der Waals surface area (Å²) in [5.74, 6) is -0.239. The SMILES string of the molecule is CCCn1cccc1C(=O)Nc1ccc(S(N)(=O)=O)cc1. The van der Waals surface area contributed by atoms with Crippen LogP contribution >= 0.6 is 0 Å². The van der Waals surface area contributed by atoms with Crippen LogP contribution in [0.1, 0.15) is 23.8 Å². The third-order valence-corrected chi connectivity index (χ3v) is 3.90. The fraction of sp³-hybridized carbons (Fsp3) is 0.214. The molecule has 1 heterocycles. The molecular formula is C14H17N3O3S. The van der Waals surface area contributed by atoms with E-state index in [2.05, 4.69) is 5.32 Å². The number of primary sulfonamides is 1. The van der Waals surface area contributed by atoms with Gasteiger partial charge < -0.3 is 9.88 Å². The molecule has 0 spiro atoms. The Bertz CT molecular complexity index is 733. The predicted molar refractivity (Wildman–Crippen MR) is 80.5 cm³/mol. The summed E-state index contributed by atoms with van der Waals surface area (Å²) < 4.78 is 24.2. The van der Waals surface area contributed by atoms with Crippen LogP contribution in [0.15, 0.2) is 47.5 Å². The van der Waals surface area contributed by atoms with Gasteiger partial charge in [0.05, 0.1) is 4.90 Å². The predicted octanol–water partition coefficient (Wildman–Crippen LogP) is 1.80. The number of hydrogen-bond donors (Lipinski definition) is 2. The zero-order valence-electron chi connectivity index (χ0n) is 11.6. The number of nitrogens with two attached hydrogens (primary N) is 1. The van der Waals surface area contributed by atoms with E-state index >= 15 is 0 Å². The number of amides is 1. The Morgan fingerprint density at radius 2 is 1.90 bits per heavy atom. The highest BCUT2D eigenvalue weighted by Gasteiger charge is 2.12. The molecule has 1 aromatic carbocycles. The Morgan fingerprint density at radius 1 is 1.24 bits per heavy atom. The maximum atomic E-state index is 12.2. The zero-order chi connectivity index (χ0) is 15.5. The van der Waals surface area contributed by atoms with E-state index < -0.39 is 10.0 Å². The highest BCUT2D eigenvalue weighted by Crippen LogP contribution is 2.14. The van der Waals surface area contributed by atoms with Gasteiger partial charge in [-0.1, -0.05) is 6.92 Å². The summed E-state index contributed by atoms with van der Waals surface area (Å²) in [5, 5.41) is 7.75. The van der Waals surface area contributed by atoms with Gasteiger partial charge in [-0.2, -0.15) is 0 Å². The van der Waals surface area contributed by atoms with Crippen LogP contribution in [-0.2, 0) is 16.6 Å². The van der Waals surface area contributed by atoms with Gasteiger partial charge in [-0.05, 0) is 42.8 Å². The number of nitrogens with one attached hydrogen (secondary N) is 1. The lowest BCUT2D eigenvalue weighted by Gasteiger charge is -2.09. The summed E-state index contributed by atoms with van der Waals surface area (Å²) in [6.45, 7) is 2.80. The van der Waals surface area contributed by atoms with E-state index in [1.165, 1.54) is 24.3 Å². The molecule has 0 saturated heterocycles. The maximum absolute atomic E-state index is 12.2. The zero-order valence-corrected chi connectivity index (χ0v) is 12.4. The number of aromatic nitrogens is 1. The summed E-state index contributed by atoms with van der Waals surface area (Å²) in [4.78, 5) is 12.2. The molecule has 112 valence electrons. The van der Waals surface area contributed by atoms with Crippen molar-refractivity contribution in [2.45, 2.75) is 24.8 Å². The molecule has 0 unspecified atom stereocenters. The van der Waals surface area contributed by atoms with E-state index in [0.717, 1.165) is 13.0 Å². The molecule has 0 bridgehead atoms. The van der Waals surface area contributed by atoms with Gasteiger partial charge in [0, 0.05) is 18.4 Å². The van der Waals surface area contributed by atoms with Crippen LogP contribution in [0.3, 0.4) is 0 Å². The van der Waals surface area contributed by atoms with E-state index in [9.17, 15) is 13.2 Å². The Balaban J connectivity index is 2.14.